The van der Waals surface area contributed by atoms with Gasteiger partial charge in [-0.3, -0.25) is 0 Å². The van der Waals surface area contributed by atoms with Crippen LogP contribution in [0.5, 0.6) is 0 Å². The third-order valence-corrected chi connectivity index (χ3v) is 3.93. The summed E-state index contributed by atoms with van der Waals surface area (Å²) < 4.78 is 5.26. The molecule has 1 aliphatic rings. The van der Waals surface area contributed by atoms with Gasteiger partial charge in [-0.15, -0.1) is 11.8 Å². The Balaban J connectivity index is 1.73. The van der Waals surface area contributed by atoms with E-state index in [1.807, 2.05) is 0 Å². The Morgan fingerprint density at radius 2 is 2.00 bits per heavy atom. The van der Waals surface area contributed by atoms with Crippen LogP contribution >= 0.6 is 11.8 Å². The summed E-state index contributed by atoms with van der Waals surface area (Å²) in [6.07, 6.45) is 4.89. The first-order chi connectivity index (χ1) is 7.81. The standard InChI is InChI=1S/C13H19NOS/c1-15-12-7-11(8-12)14-9-10-3-5-13(16-2)6-4-10/h3-6,11-12,14H,7-9H2,1-2H3. The molecule has 0 amide bonds. The summed E-state index contributed by atoms with van der Waals surface area (Å²) in [4.78, 5) is 1.33. The molecule has 1 saturated carbocycles. The molecule has 16 heavy (non-hydrogen) atoms. The van der Waals surface area contributed by atoms with Crippen molar-refractivity contribution in [3.8, 4) is 0 Å². The second-order valence-corrected chi connectivity index (χ2v) is 5.13. The van der Waals surface area contributed by atoms with Gasteiger partial charge in [0.2, 0.25) is 0 Å². The van der Waals surface area contributed by atoms with Gasteiger partial charge in [0.05, 0.1) is 6.10 Å². The molecule has 88 valence electrons. The monoisotopic (exact) mass is 237 g/mol. The number of nitrogens with one attached hydrogen (secondary N) is 1. The molecule has 3 heteroatoms. The van der Waals surface area contributed by atoms with Crippen LogP contribution in [0, 0.1) is 0 Å². The molecule has 1 aliphatic carbocycles. The predicted octanol–water partition coefficient (Wildman–Crippen LogP) is 2.68. The Bertz CT molecular complexity index is 319. The van der Waals surface area contributed by atoms with Crippen molar-refractivity contribution < 1.29 is 4.74 Å². The first-order valence-corrected chi connectivity index (χ1v) is 6.93. The molecule has 2 nitrogen and oxygen atoms in total. The molecule has 1 fully saturated rings. The van der Waals surface area contributed by atoms with Gasteiger partial charge in [-0.05, 0) is 36.8 Å². The maximum Gasteiger partial charge on any atom is 0.0601 e. The van der Waals surface area contributed by atoms with E-state index in [2.05, 4.69) is 35.8 Å². The summed E-state index contributed by atoms with van der Waals surface area (Å²) in [5.74, 6) is 0. The Hall–Kier alpha value is -0.510. The van der Waals surface area contributed by atoms with Gasteiger partial charge >= 0.3 is 0 Å². The summed E-state index contributed by atoms with van der Waals surface area (Å²) in [5, 5.41) is 3.55. The molecule has 0 aromatic heterocycles. The molecule has 2 rings (SSSR count). The van der Waals surface area contributed by atoms with Crippen LogP contribution in [0.15, 0.2) is 29.2 Å². The van der Waals surface area contributed by atoms with E-state index in [9.17, 15) is 0 Å². The van der Waals surface area contributed by atoms with Crippen molar-refractivity contribution in [2.45, 2.75) is 36.4 Å². The van der Waals surface area contributed by atoms with E-state index < -0.39 is 0 Å². The van der Waals surface area contributed by atoms with Crippen molar-refractivity contribution in [1.29, 1.82) is 0 Å². The summed E-state index contributed by atoms with van der Waals surface area (Å²) in [5.41, 5.74) is 1.36. The van der Waals surface area contributed by atoms with E-state index in [0.29, 0.717) is 12.1 Å². The molecule has 1 aromatic rings. The number of benzene rings is 1. The van der Waals surface area contributed by atoms with Crippen molar-refractivity contribution in [3.05, 3.63) is 29.8 Å². The number of rotatable bonds is 5. The minimum Gasteiger partial charge on any atom is -0.381 e. The molecule has 0 unspecified atom stereocenters. The highest BCUT2D eigenvalue weighted by atomic mass is 32.2. The maximum absolute atomic E-state index is 5.26. The zero-order valence-electron chi connectivity index (χ0n) is 9.90. The van der Waals surface area contributed by atoms with Crippen LogP contribution in [0.3, 0.4) is 0 Å². The normalized spacial score (nSPS) is 24.1. The summed E-state index contributed by atoms with van der Waals surface area (Å²) >= 11 is 1.78. The van der Waals surface area contributed by atoms with E-state index in [-0.39, 0.29) is 0 Å². The SMILES string of the molecule is COC1CC(NCc2ccc(SC)cc2)C1. The first-order valence-electron chi connectivity index (χ1n) is 5.71. The van der Waals surface area contributed by atoms with Crippen molar-refractivity contribution in [2.75, 3.05) is 13.4 Å². The summed E-state index contributed by atoms with van der Waals surface area (Å²) in [6, 6.07) is 9.41. The van der Waals surface area contributed by atoms with Crippen molar-refractivity contribution in [1.82, 2.24) is 5.32 Å². The quantitative estimate of drug-likeness (QED) is 0.796. The second-order valence-electron chi connectivity index (χ2n) is 4.26. The van der Waals surface area contributed by atoms with Gasteiger partial charge < -0.3 is 10.1 Å². The number of hydrogen-bond donors (Lipinski definition) is 1. The van der Waals surface area contributed by atoms with Gasteiger partial charge in [-0.1, -0.05) is 12.1 Å². The molecule has 0 saturated heterocycles. The largest absolute Gasteiger partial charge is 0.381 e. The van der Waals surface area contributed by atoms with Crippen LogP contribution < -0.4 is 5.32 Å². The molecule has 0 spiro atoms. The first kappa shape index (κ1) is 12.0. The lowest BCUT2D eigenvalue weighted by Crippen LogP contribution is -2.44. The predicted molar refractivity (Wildman–Crippen MR) is 68.9 cm³/mol. The Kier molecular flexibility index (Phi) is 4.27. The van der Waals surface area contributed by atoms with Gasteiger partial charge in [0, 0.05) is 24.6 Å². The lowest BCUT2D eigenvalue weighted by Gasteiger charge is -2.34. The molecule has 0 atom stereocenters. The summed E-state index contributed by atoms with van der Waals surface area (Å²) in [6.45, 7) is 0.968. The average molecular weight is 237 g/mol. The smallest absolute Gasteiger partial charge is 0.0601 e. The van der Waals surface area contributed by atoms with Crippen LogP contribution in [0.2, 0.25) is 0 Å². The number of hydrogen-bond acceptors (Lipinski definition) is 3. The third kappa shape index (κ3) is 3.00. The molecule has 1 N–H and O–H groups in total. The molecule has 0 radical (unpaired) electrons. The second kappa shape index (κ2) is 5.71. The number of thioether (sulfide) groups is 1. The molecule has 0 bridgehead atoms. The summed E-state index contributed by atoms with van der Waals surface area (Å²) in [7, 11) is 1.79. The van der Waals surface area contributed by atoms with E-state index in [4.69, 9.17) is 4.74 Å². The van der Waals surface area contributed by atoms with Crippen LogP contribution in [-0.2, 0) is 11.3 Å². The molecule has 0 heterocycles. The molecular weight excluding hydrogens is 218 g/mol. The van der Waals surface area contributed by atoms with Crippen LogP contribution in [0.4, 0.5) is 0 Å². The van der Waals surface area contributed by atoms with Gasteiger partial charge in [-0.2, -0.15) is 0 Å². The van der Waals surface area contributed by atoms with Crippen LogP contribution in [0.1, 0.15) is 18.4 Å². The minimum atomic E-state index is 0.483. The highest BCUT2D eigenvalue weighted by Crippen LogP contribution is 2.23. The topological polar surface area (TPSA) is 21.3 Å². The fourth-order valence-corrected chi connectivity index (χ4v) is 2.34. The van der Waals surface area contributed by atoms with Gasteiger partial charge in [0.25, 0.3) is 0 Å². The Labute approximate surface area is 102 Å². The van der Waals surface area contributed by atoms with E-state index in [0.717, 1.165) is 19.4 Å². The molecular formula is C13H19NOS. The van der Waals surface area contributed by atoms with Crippen molar-refractivity contribution in [3.63, 3.8) is 0 Å². The van der Waals surface area contributed by atoms with Crippen LogP contribution in [0.25, 0.3) is 0 Å². The number of ether oxygens (including phenoxy) is 1. The fraction of sp³-hybridized carbons (Fsp3) is 0.538. The molecule has 1 aromatic carbocycles. The lowest BCUT2D eigenvalue weighted by atomic mass is 9.89. The third-order valence-electron chi connectivity index (χ3n) is 3.18. The van der Waals surface area contributed by atoms with E-state index in [1.165, 1.54) is 10.5 Å². The molecule has 0 aliphatic heterocycles. The fourth-order valence-electron chi connectivity index (χ4n) is 1.93. The van der Waals surface area contributed by atoms with Crippen LogP contribution in [-0.4, -0.2) is 25.5 Å². The zero-order chi connectivity index (χ0) is 11.4. The minimum absolute atomic E-state index is 0.483. The number of methoxy groups -OCH3 is 1. The highest BCUT2D eigenvalue weighted by molar-refractivity contribution is 7.98. The lowest BCUT2D eigenvalue weighted by molar-refractivity contribution is 0.0170. The van der Waals surface area contributed by atoms with Crippen molar-refractivity contribution in [2.24, 2.45) is 0 Å². The highest BCUT2D eigenvalue weighted by Gasteiger charge is 2.28. The van der Waals surface area contributed by atoms with Gasteiger partial charge in [0.1, 0.15) is 0 Å². The van der Waals surface area contributed by atoms with E-state index >= 15 is 0 Å². The van der Waals surface area contributed by atoms with Crippen molar-refractivity contribution >= 4 is 11.8 Å². The Morgan fingerprint density at radius 1 is 1.31 bits per heavy atom. The zero-order valence-corrected chi connectivity index (χ0v) is 10.7. The van der Waals surface area contributed by atoms with Gasteiger partial charge in [-0.25, -0.2) is 0 Å². The maximum atomic E-state index is 5.26. The Morgan fingerprint density at radius 3 is 2.56 bits per heavy atom. The van der Waals surface area contributed by atoms with Gasteiger partial charge in [0.15, 0.2) is 0 Å². The van der Waals surface area contributed by atoms with E-state index in [1.54, 1.807) is 18.9 Å². The average Bonchev–Trinajstić information content (AvgIpc) is 2.28.